The summed E-state index contributed by atoms with van der Waals surface area (Å²) in [5.41, 5.74) is 1.35. The lowest BCUT2D eigenvalue weighted by Crippen LogP contribution is -2.45. The molecule has 0 unspecified atom stereocenters. The van der Waals surface area contributed by atoms with Gasteiger partial charge in [0.15, 0.2) is 0 Å². The number of hydrogen-bond donors (Lipinski definition) is 2. The molecule has 1 fully saturated rings. The van der Waals surface area contributed by atoms with Crippen LogP contribution in [-0.2, 0) is 0 Å². The summed E-state index contributed by atoms with van der Waals surface area (Å²) < 4.78 is 1.92. The van der Waals surface area contributed by atoms with Crippen molar-refractivity contribution < 1.29 is 5.11 Å². The van der Waals surface area contributed by atoms with Gasteiger partial charge < -0.3 is 10.4 Å². The third-order valence-electron chi connectivity index (χ3n) is 4.03. The van der Waals surface area contributed by atoms with Crippen molar-refractivity contribution in [1.29, 1.82) is 0 Å². The quantitative estimate of drug-likeness (QED) is 0.486. The molecule has 2 rings (SSSR count). The summed E-state index contributed by atoms with van der Waals surface area (Å²) in [7, 11) is 0. The van der Waals surface area contributed by atoms with E-state index in [2.05, 4.69) is 81.4 Å². The van der Waals surface area contributed by atoms with Crippen molar-refractivity contribution in [3.8, 4) is 5.75 Å². The van der Waals surface area contributed by atoms with Gasteiger partial charge in [-0.05, 0) is 81.6 Å². The lowest BCUT2D eigenvalue weighted by atomic mass is 9.95. The summed E-state index contributed by atoms with van der Waals surface area (Å²) in [5, 5.41) is 13.4. The third-order valence-corrected chi connectivity index (χ3v) is 5.68. The minimum absolute atomic E-state index is 0. The molecule has 0 spiro atoms. The predicted molar refractivity (Wildman–Crippen MR) is 119 cm³/mol. The zero-order chi connectivity index (χ0) is 15.4. The van der Waals surface area contributed by atoms with Crippen molar-refractivity contribution in [3.63, 3.8) is 0 Å². The SMILES string of the molecule is CC(C)CC[C@H](c1cc(I)c(O)c(I)c1)N1CCNCC1.Cl.Cl. The lowest BCUT2D eigenvalue weighted by molar-refractivity contribution is 0.159. The van der Waals surface area contributed by atoms with E-state index in [0.29, 0.717) is 11.8 Å². The van der Waals surface area contributed by atoms with Gasteiger partial charge in [0.25, 0.3) is 0 Å². The molecule has 1 heterocycles. The number of hydrogen-bond acceptors (Lipinski definition) is 3. The van der Waals surface area contributed by atoms with Crippen LogP contribution in [-0.4, -0.2) is 36.2 Å². The summed E-state index contributed by atoms with van der Waals surface area (Å²) in [6, 6.07) is 4.79. The Morgan fingerprint density at radius 2 is 1.61 bits per heavy atom. The van der Waals surface area contributed by atoms with E-state index in [4.69, 9.17) is 0 Å². The van der Waals surface area contributed by atoms with Crippen LogP contribution in [0.5, 0.6) is 5.75 Å². The van der Waals surface area contributed by atoms with E-state index in [-0.39, 0.29) is 24.8 Å². The maximum Gasteiger partial charge on any atom is 0.142 e. The first-order valence-electron chi connectivity index (χ1n) is 7.61. The van der Waals surface area contributed by atoms with Crippen molar-refractivity contribution in [3.05, 3.63) is 24.8 Å². The number of nitrogens with one attached hydrogen (secondary N) is 1. The number of nitrogens with zero attached hydrogens (tertiary/aromatic N) is 1. The van der Waals surface area contributed by atoms with Crippen LogP contribution in [0.2, 0.25) is 0 Å². The largest absolute Gasteiger partial charge is 0.506 e. The van der Waals surface area contributed by atoms with Gasteiger partial charge >= 0.3 is 0 Å². The first-order chi connectivity index (χ1) is 9.99. The Morgan fingerprint density at radius 3 is 2.09 bits per heavy atom. The molecule has 0 amide bonds. The first kappa shape index (κ1) is 24.0. The van der Waals surface area contributed by atoms with Crippen LogP contribution in [0.3, 0.4) is 0 Å². The molecule has 0 aromatic heterocycles. The molecule has 1 atom stereocenters. The van der Waals surface area contributed by atoms with E-state index in [1.54, 1.807) is 0 Å². The number of phenolic OH excluding ortho intramolecular Hbond substituents is 1. The fourth-order valence-corrected chi connectivity index (χ4v) is 4.64. The Kier molecular flexibility index (Phi) is 12.1. The number of benzene rings is 1. The maximum atomic E-state index is 10.0. The Bertz CT molecular complexity index is 460. The topological polar surface area (TPSA) is 35.5 Å². The van der Waals surface area contributed by atoms with Gasteiger partial charge in [0, 0.05) is 32.2 Å². The van der Waals surface area contributed by atoms with Gasteiger partial charge in [-0.2, -0.15) is 0 Å². The Balaban J connectivity index is 0.00000242. The lowest BCUT2D eigenvalue weighted by Gasteiger charge is -2.36. The first-order valence-corrected chi connectivity index (χ1v) is 9.77. The molecule has 1 aromatic rings. The molecule has 2 N–H and O–H groups in total. The molecule has 7 heteroatoms. The highest BCUT2D eigenvalue weighted by molar-refractivity contribution is 14.1. The molecular formula is C16H26Cl2I2N2O. The smallest absolute Gasteiger partial charge is 0.142 e. The van der Waals surface area contributed by atoms with Crippen LogP contribution >= 0.6 is 70.0 Å². The molecule has 1 aliphatic heterocycles. The van der Waals surface area contributed by atoms with Gasteiger partial charge in [0.1, 0.15) is 5.75 Å². The van der Waals surface area contributed by atoms with Crippen molar-refractivity contribution in [2.45, 2.75) is 32.7 Å². The summed E-state index contributed by atoms with van der Waals surface area (Å²) >= 11 is 4.47. The third kappa shape index (κ3) is 7.01. The Morgan fingerprint density at radius 1 is 1.09 bits per heavy atom. The molecule has 0 saturated carbocycles. The number of phenols is 1. The van der Waals surface area contributed by atoms with Crippen LogP contribution in [0.1, 0.15) is 38.3 Å². The molecule has 134 valence electrons. The fraction of sp³-hybridized carbons (Fsp3) is 0.625. The van der Waals surface area contributed by atoms with E-state index in [1.165, 1.54) is 18.4 Å². The summed E-state index contributed by atoms with van der Waals surface area (Å²) in [5.74, 6) is 1.15. The second-order valence-electron chi connectivity index (χ2n) is 6.11. The maximum absolute atomic E-state index is 10.0. The van der Waals surface area contributed by atoms with E-state index >= 15 is 0 Å². The number of rotatable bonds is 5. The second-order valence-corrected chi connectivity index (χ2v) is 8.43. The van der Waals surface area contributed by atoms with E-state index in [9.17, 15) is 5.11 Å². The highest BCUT2D eigenvalue weighted by Gasteiger charge is 2.23. The average Bonchev–Trinajstić information content (AvgIpc) is 2.45. The Labute approximate surface area is 179 Å². The van der Waals surface area contributed by atoms with Crippen molar-refractivity contribution >= 4 is 70.0 Å². The van der Waals surface area contributed by atoms with Gasteiger partial charge in [-0.1, -0.05) is 13.8 Å². The molecule has 1 aromatic carbocycles. The normalized spacial score (nSPS) is 16.6. The monoisotopic (exact) mass is 586 g/mol. The average molecular weight is 587 g/mol. The zero-order valence-corrected chi connectivity index (χ0v) is 19.5. The fourth-order valence-electron chi connectivity index (χ4n) is 2.82. The number of aromatic hydroxyl groups is 1. The van der Waals surface area contributed by atoms with Crippen molar-refractivity contribution in [1.82, 2.24) is 10.2 Å². The van der Waals surface area contributed by atoms with Crippen molar-refractivity contribution in [2.24, 2.45) is 5.92 Å². The van der Waals surface area contributed by atoms with E-state index < -0.39 is 0 Å². The summed E-state index contributed by atoms with van der Waals surface area (Å²) in [4.78, 5) is 2.59. The van der Waals surface area contributed by atoms with Gasteiger partial charge in [-0.3, -0.25) is 4.90 Å². The minimum atomic E-state index is 0. The second kappa shape index (κ2) is 11.6. The van der Waals surface area contributed by atoms with Crippen LogP contribution in [0.4, 0.5) is 0 Å². The van der Waals surface area contributed by atoms with Gasteiger partial charge in [-0.15, -0.1) is 24.8 Å². The molecule has 1 aliphatic rings. The number of piperazine rings is 1. The molecular weight excluding hydrogens is 561 g/mol. The highest BCUT2D eigenvalue weighted by atomic mass is 127. The van der Waals surface area contributed by atoms with E-state index in [1.807, 2.05) is 0 Å². The minimum Gasteiger partial charge on any atom is -0.506 e. The Hall–Kier alpha value is 0.980. The van der Waals surface area contributed by atoms with Gasteiger partial charge in [0.2, 0.25) is 0 Å². The highest BCUT2D eigenvalue weighted by Crippen LogP contribution is 2.34. The van der Waals surface area contributed by atoms with Gasteiger partial charge in [-0.25, -0.2) is 0 Å². The van der Waals surface area contributed by atoms with Gasteiger partial charge in [0.05, 0.1) is 7.14 Å². The molecule has 0 radical (unpaired) electrons. The molecule has 3 nitrogen and oxygen atoms in total. The summed E-state index contributed by atoms with van der Waals surface area (Å²) in [6.45, 7) is 8.95. The van der Waals surface area contributed by atoms with Crippen LogP contribution in [0, 0.1) is 13.1 Å². The van der Waals surface area contributed by atoms with Crippen LogP contribution in [0.25, 0.3) is 0 Å². The number of halogens is 4. The molecule has 0 bridgehead atoms. The zero-order valence-electron chi connectivity index (χ0n) is 13.5. The van der Waals surface area contributed by atoms with E-state index in [0.717, 1.165) is 39.2 Å². The molecule has 1 saturated heterocycles. The van der Waals surface area contributed by atoms with Crippen molar-refractivity contribution in [2.75, 3.05) is 26.2 Å². The molecule has 23 heavy (non-hydrogen) atoms. The predicted octanol–water partition coefficient (Wildman–Crippen LogP) is 4.83. The summed E-state index contributed by atoms with van der Waals surface area (Å²) in [6.07, 6.45) is 2.43. The molecule has 0 aliphatic carbocycles. The van der Waals surface area contributed by atoms with Crippen LogP contribution < -0.4 is 5.32 Å². The van der Waals surface area contributed by atoms with Crippen LogP contribution in [0.15, 0.2) is 12.1 Å². The standard InChI is InChI=1S/C16H24I2N2O.2ClH/c1-11(2)3-4-15(20-7-5-19-6-8-20)12-9-13(17)16(21)14(18)10-12;;/h9-11,15,19,21H,3-8H2,1-2H3;2*1H/t15-;;/m1../s1.